The van der Waals surface area contributed by atoms with Crippen LogP contribution in [-0.2, 0) is 0 Å². The van der Waals surface area contributed by atoms with Crippen LogP contribution in [0.15, 0.2) is 18.5 Å². The van der Waals surface area contributed by atoms with Crippen LogP contribution in [0, 0.1) is 3.57 Å². The topological polar surface area (TPSA) is 68.0 Å². The molecule has 0 aliphatic rings. The van der Waals surface area contributed by atoms with Crippen LogP contribution in [-0.4, -0.2) is 10.9 Å². The molecule has 0 radical (unpaired) electrons. The van der Waals surface area contributed by atoms with E-state index in [1.807, 2.05) is 6.07 Å². The predicted octanol–water partition coefficient (Wildman–Crippen LogP) is 1.50. The molecule has 1 amide bonds. The van der Waals surface area contributed by atoms with E-state index in [2.05, 4.69) is 33.0 Å². The standard InChI is InChI=1S/C8H6IN3OS/c9-5-2-11-3-7-4(5)1-6(14-7)8(13)12-10/h1-3H,10H2,(H,12,13). The molecule has 2 rings (SSSR count). The van der Waals surface area contributed by atoms with Crippen LogP contribution in [0.2, 0.25) is 0 Å². The molecule has 0 fully saturated rings. The Hall–Kier alpha value is -0.730. The number of hydrazine groups is 1. The number of thiophene rings is 1. The summed E-state index contributed by atoms with van der Waals surface area (Å²) in [5, 5.41) is 1.05. The van der Waals surface area contributed by atoms with E-state index >= 15 is 0 Å². The van der Waals surface area contributed by atoms with E-state index in [1.165, 1.54) is 11.3 Å². The van der Waals surface area contributed by atoms with Crippen LogP contribution in [0.1, 0.15) is 9.67 Å². The smallest absolute Gasteiger partial charge is 0.275 e. The maximum atomic E-state index is 11.2. The summed E-state index contributed by atoms with van der Waals surface area (Å²) < 4.78 is 2.03. The number of carbonyl (C=O) groups excluding carboxylic acids is 1. The number of nitrogens with two attached hydrogens (primary N) is 1. The van der Waals surface area contributed by atoms with Crippen molar-refractivity contribution >= 4 is 49.9 Å². The molecule has 0 atom stereocenters. The molecule has 0 saturated carbocycles. The van der Waals surface area contributed by atoms with Crippen LogP contribution in [0.5, 0.6) is 0 Å². The summed E-state index contributed by atoms with van der Waals surface area (Å²) in [5.41, 5.74) is 2.11. The van der Waals surface area contributed by atoms with E-state index in [0.29, 0.717) is 4.88 Å². The summed E-state index contributed by atoms with van der Waals surface area (Å²) in [6.07, 6.45) is 3.51. The van der Waals surface area contributed by atoms with Gasteiger partial charge in [0, 0.05) is 21.4 Å². The minimum atomic E-state index is -0.262. The van der Waals surface area contributed by atoms with Gasteiger partial charge in [-0.15, -0.1) is 11.3 Å². The highest BCUT2D eigenvalue weighted by atomic mass is 127. The van der Waals surface area contributed by atoms with Crippen molar-refractivity contribution in [2.45, 2.75) is 0 Å². The molecular weight excluding hydrogens is 313 g/mol. The van der Waals surface area contributed by atoms with E-state index in [0.717, 1.165) is 13.7 Å². The lowest BCUT2D eigenvalue weighted by Crippen LogP contribution is -2.29. The maximum absolute atomic E-state index is 11.2. The van der Waals surface area contributed by atoms with Crippen LogP contribution < -0.4 is 11.3 Å². The van der Waals surface area contributed by atoms with Gasteiger partial charge in [-0.25, -0.2) is 5.84 Å². The summed E-state index contributed by atoms with van der Waals surface area (Å²) in [4.78, 5) is 15.9. The molecule has 4 nitrogen and oxygen atoms in total. The molecule has 0 aliphatic heterocycles. The molecule has 6 heteroatoms. The van der Waals surface area contributed by atoms with Crippen molar-refractivity contribution < 1.29 is 4.79 Å². The molecule has 72 valence electrons. The van der Waals surface area contributed by atoms with E-state index in [1.54, 1.807) is 12.4 Å². The number of amides is 1. The summed E-state index contributed by atoms with van der Waals surface area (Å²) in [6.45, 7) is 0. The van der Waals surface area contributed by atoms with E-state index in [4.69, 9.17) is 5.84 Å². The average molecular weight is 319 g/mol. The van der Waals surface area contributed by atoms with Gasteiger partial charge in [0.05, 0.1) is 9.58 Å². The molecule has 0 aromatic carbocycles. The Morgan fingerprint density at radius 3 is 3.00 bits per heavy atom. The minimum Gasteiger partial charge on any atom is -0.289 e. The van der Waals surface area contributed by atoms with Crippen molar-refractivity contribution in [2.24, 2.45) is 5.84 Å². The van der Waals surface area contributed by atoms with Crippen molar-refractivity contribution in [3.05, 3.63) is 26.9 Å². The van der Waals surface area contributed by atoms with E-state index in [-0.39, 0.29) is 5.91 Å². The fourth-order valence-corrected chi connectivity index (χ4v) is 2.86. The third kappa shape index (κ3) is 1.60. The number of hydrogen-bond acceptors (Lipinski definition) is 4. The van der Waals surface area contributed by atoms with Crippen molar-refractivity contribution in [3.63, 3.8) is 0 Å². The Morgan fingerprint density at radius 2 is 2.36 bits per heavy atom. The zero-order valence-corrected chi connectivity index (χ0v) is 9.93. The molecule has 2 heterocycles. The highest BCUT2D eigenvalue weighted by Gasteiger charge is 2.10. The number of hydrogen-bond donors (Lipinski definition) is 2. The lowest BCUT2D eigenvalue weighted by molar-refractivity contribution is 0.0958. The van der Waals surface area contributed by atoms with E-state index in [9.17, 15) is 4.79 Å². The molecular formula is C8H6IN3OS. The number of nitrogens with zero attached hydrogens (tertiary/aromatic N) is 1. The normalized spacial score (nSPS) is 10.4. The Balaban J connectivity index is 2.62. The monoisotopic (exact) mass is 319 g/mol. The van der Waals surface area contributed by atoms with Gasteiger partial charge in [0.1, 0.15) is 0 Å². The number of nitrogens with one attached hydrogen (secondary N) is 1. The molecule has 0 bridgehead atoms. The highest BCUT2D eigenvalue weighted by Crippen LogP contribution is 2.27. The van der Waals surface area contributed by atoms with Gasteiger partial charge in [-0.1, -0.05) is 0 Å². The Labute approximate surface area is 97.6 Å². The number of halogens is 1. The first kappa shape index (κ1) is 9.81. The number of nitrogen functional groups attached to an aromatic ring is 1. The summed E-state index contributed by atoms with van der Waals surface area (Å²) in [5.74, 6) is 4.79. The van der Waals surface area contributed by atoms with Gasteiger partial charge < -0.3 is 0 Å². The van der Waals surface area contributed by atoms with Crippen molar-refractivity contribution in [1.29, 1.82) is 0 Å². The zero-order chi connectivity index (χ0) is 10.1. The zero-order valence-electron chi connectivity index (χ0n) is 6.95. The lowest BCUT2D eigenvalue weighted by atomic mass is 10.3. The first-order valence-electron chi connectivity index (χ1n) is 3.76. The first-order valence-corrected chi connectivity index (χ1v) is 5.66. The highest BCUT2D eigenvalue weighted by molar-refractivity contribution is 14.1. The van der Waals surface area contributed by atoms with Crippen molar-refractivity contribution in [3.8, 4) is 0 Å². The molecule has 0 aliphatic carbocycles. The fraction of sp³-hybridized carbons (Fsp3) is 0. The first-order chi connectivity index (χ1) is 6.72. The third-order valence-corrected chi connectivity index (χ3v) is 3.68. The summed E-state index contributed by atoms with van der Waals surface area (Å²) in [7, 11) is 0. The summed E-state index contributed by atoms with van der Waals surface area (Å²) in [6, 6.07) is 1.83. The SMILES string of the molecule is NNC(=O)c1cc2c(I)cncc2s1. The number of aromatic nitrogens is 1. The van der Waals surface area contributed by atoms with Gasteiger partial charge in [-0.2, -0.15) is 0 Å². The van der Waals surface area contributed by atoms with Gasteiger partial charge in [0.25, 0.3) is 5.91 Å². The van der Waals surface area contributed by atoms with Crippen LogP contribution in [0.4, 0.5) is 0 Å². The molecule has 2 aromatic rings. The molecule has 0 unspecified atom stereocenters. The third-order valence-electron chi connectivity index (χ3n) is 1.75. The Kier molecular flexibility index (Phi) is 2.66. The second-order valence-corrected chi connectivity index (χ2v) is 4.86. The van der Waals surface area contributed by atoms with Crippen LogP contribution in [0.3, 0.4) is 0 Å². The Morgan fingerprint density at radius 1 is 1.57 bits per heavy atom. The lowest BCUT2D eigenvalue weighted by Gasteiger charge is -1.91. The summed E-state index contributed by atoms with van der Waals surface area (Å²) >= 11 is 3.57. The van der Waals surface area contributed by atoms with Gasteiger partial charge in [0.15, 0.2) is 0 Å². The molecule has 0 saturated heterocycles. The van der Waals surface area contributed by atoms with Gasteiger partial charge in [-0.05, 0) is 28.7 Å². The second-order valence-electron chi connectivity index (χ2n) is 2.62. The van der Waals surface area contributed by atoms with Crippen molar-refractivity contribution in [2.75, 3.05) is 0 Å². The minimum absolute atomic E-state index is 0.262. The number of carbonyl (C=O) groups is 1. The van der Waals surface area contributed by atoms with Gasteiger partial charge >= 0.3 is 0 Å². The molecule has 3 N–H and O–H groups in total. The van der Waals surface area contributed by atoms with Gasteiger partial charge in [0.2, 0.25) is 0 Å². The largest absolute Gasteiger partial charge is 0.289 e. The van der Waals surface area contributed by atoms with E-state index < -0.39 is 0 Å². The van der Waals surface area contributed by atoms with Crippen molar-refractivity contribution in [1.82, 2.24) is 10.4 Å². The van der Waals surface area contributed by atoms with Crippen LogP contribution in [0.25, 0.3) is 10.1 Å². The van der Waals surface area contributed by atoms with Crippen LogP contribution >= 0.6 is 33.9 Å². The maximum Gasteiger partial charge on any atom is 0.275 e. The fourth-order valence-electron chi connectivity index (χ4n) is 1.11. The number of fused-ring (bicyclic) bond motifs is 1. The molecule has 14 heavy (non-hydrogen) atoms. The average Bonchev–Trinajstić information content (AvgIpc) is 2.62. The predicted molar refractivity (Wildman–Crippen MR) is 64.0 cm³/mol. The molecule has 0 spiro atoms. The Bertz CT molecular complexity index is 496. The molecule has 2 aromatic heterocycles. The number of rotatable bonds is 1. The second kappa shape index (κ2) is 3.79. The number of pyridine rings is 1. The van der Waals surface area contributed by atoms with Gasteiger partial charge in [-0.3, -0.25) is 15.2 Å². The quantitative estimate of drug-likeness (QED) is 0.362.